The Bertz CT molecular complexity index is 796. The summed E-state index contributed by atoms with van der Waals surface area (Å²) in [6.07, 6.45) is 1.85. The number of piperazine rings is 1. The summed E-state index contributed by atoms with van der Waals surface area (Å²) in [5.74, 6) is 2.65. The second-order valence-corrected chi connectivity index (χ2v) is 8.30. The number of nitrogens with one attached hydrogen (secondary N) is 1. The van der Waals surface area contributed by atoms with Crippen molar-refractivity contribution >= 4 is 52.9 Å². The van der Waals surface area contributed by atoms with Gasteiger partial charge in [0.2, 0.25) is 0 Å². The van der Waals surface area contributed by atoms with Gasteiger partial charge in [-0.25, -0.2) is 4.99 Å². The maximum Gasteiger partial charge on any atom is 0.194 e. The number of aromatic nitrogens is 3. The van der Waals surface area contributed by atoms with Crippen LogP contribution in [-0.2, 0) is 20.1 Å². The van der Waals surface area contributed by atoms with Crippen molar-refractivity contribution in [1.29, 1.82) is 0 Å². The van der Waals surface area contributed by atoms with Crippen molar-refractivity contribution in [3.63, 3.8) is 0 Å². The average Bonchev–Trinajstić information content (AvgIpc) is 3.22. The van der Waals surface area contributed by atoms with Crippen molar-refractivity contribution in [2.45, 2.75) is 20.0 Å². The van der Waals surface area contributed by atoms with E-state index in [0.717, 1.165) is 54.7 Å². The summed E-state index contributed by atoms with van der Waals surface area (Å²) in [6, 6.07) is 4.08. The van der Waals surface area contributed by atoms with Crippen molar-refractivity contribution in [3.8, 4) is 0 Å². The van der Waals surface area contributed by atoms with E-state index in [0.29, 0.717) is 13.1 Å². The van der Waals surface area contributed by atoms with Crippen molar-refractivity contribution in [2.75, 3.05) is 32.7 Å². The van der Waals surface area contributed by atoms with Gasteiger partial charge >= 0.3 is 0 Å². The third-order valence-electron chi connectivity index (χ3n) is 4.64. The predicted molar refractivity (Wildman–Crippen MR) is 127 cm³/mol. The van der Waals surface area contributed by atoms with Crippen LogP contribution < -0.4 is 5.32 Å². The zero-order valence-electron chi connectivity index (χ0n) is 16.3. The van der Waals surface area contributed by atoms with Gasteiger partial charge in [0, 0.05) is 51.2 Å². The summed E-state index contributed by atoms with van der Waals surface area (Å²) in [4.78, 5) is 10.8. The lowest BCUT2D eigenvalue weighted by molar-refractivity contribution is 0.174. The summed E-state index contributed by atoms with van der Waals surface area (Å²) >= 11 is 7.69. The molecular formula is C18H27ClIN7S. The van der Waals surface area contributed by atoms with Gasteiger partial charge in [0.15, 0.2) is 11.8 Å². The fourth-order valence-electron chi connectivity index (χ4n) is 2.94. The SMILES string of the molecule is C=CCNC(=NCc1nnc(C)n1C)N1CCN(Cc2ccc(Cl)s2)CC1.I. The second-order valence-electron chi connectivity index (χ2n) is 6.50. The third-order valence-corrected chi connectivity index (χ3v) is 5.85. The van der Waals surface area contributed by atoms with E-state index in [-0.39, 0.29) is 24.0 Å². The summed E-state index contributed by atoms with van der Waals surface area (Å²) in [6.45, 7) is 11.7. The quantitative estimate of drug-likeness (QED) is 0.267. The van der Waals surface area contributed by atoms with Gasteiger partial charge in [0.25, 0.3) is 0 Å². The standard InChI is InChI=1S/C18H26ClN7S.HI/c1-4-7-20-18(21-12-17-23-22-14(2)24(17)3)26-10-8-25(9-11-26)13-15-5-6-16(19)27-15;/h4-6H,1,7-13H2,2-3H3,(H,20,21);1H. The summed E-state index contributed by atoms with van der Waals surface area (Å²) < 4.78 is 2.82. The molecule has 0 unspecified atom stereocenters. The Balaban J connectivity index is 0.00000280. The summed E-state index contributed by atoms with van der Waals surface area (Å²) in [5, 5.41) is 11.7. The molecule has 3 rings (SSSR count). The monoisotopic (exact) mass is 535 g/mol. The fourth-order valence-corrected chi connectivity index (χ4v) is 4.07. The van der Waals surface area contributed by atoms with Gasteiger partial charge < -0.3 is 14.8 Å². The summed E-state index contributed by atoms with van der Waals surface area (Å²) in [5.41, 5.74) is 0. The molecule has 0 spiro atoms. The van der Waals surface area contributed by atoms with E-state index in [4.69, 9.17) is 16.6 Å². The van der Waals surface area contributed by atoms with E-state index in [1.807, 2.05) is 30.7 Å². The highest BCUT2D eigenvalue weighted by molar-refractivity contribution is 14.0. The first-order valence-electron chi connectivity index (χ1n) is 9.02. The van der Waals surface area contributed by atoms with Crippen molar-refractivity contribution < 1.29 is 0 Å². The molecule has 3 heterocycles. The van der Waals surface area contributed by atoms with Crippen LogP contribution in [0, 0.1) is 6.92 Å². The van der Waals surface area contributed by atoms with Crippen molar-refractivity contribution in [1.82, 2.24) is 29.9 Å². The maximum absolute atomic E-state index is 6.04. The molecule has 0 amide bonds. The Labute approximate surface area is 192 Å². The van der Waals surface area contributed by atoms with Crippen LogP contribution in [0.1, 0.15) is 16.5 Å². The minimum absolute atomic E-state index is 0. The minimum atomic E-state index is 0. The number of hydrogen-bond acceptors (Lipinski definition) is 5. The number of halogens is 2. The first kappa shape index (κ1) is 23.1. The molecule has 0 aromatic carbocycles. The number of aryl methyl sites for hydroxylation is 1. The lowest BCUT2D eigenvalue weighted by Gasteiger charge is -2.36. The second kappa shape index (κ2) is 11.1. The van der Waals surface area contributed by atoms with Crippen molar-refractivity contribution in [2.24, 2.45) is 12.0 Å². The van der Waals surface area contributed by atoms with Crippen LogP contribution in [0.2, 0.25) is 4.34 Å². The maximum atomic E-state index is 6.04. The smallest absolute Gasteiger partial charge is 0.194 e. The highest BCUT2D eigenvalue weighted by atomic mass is 127. The normalized spacial score (nSPS) is 15.4. The topological polar surface area (TPSA) is 61.6 Å². The van der Waals surface area contributed by atoms with Crippen LogP contribution in [0.25, 0.3) is 0 Å². The zero-order valence-corrected chi connectivity index (χ0v) is 20.2. The van der Waals surface area contributed by atoms with Crippen LogP contribution in [0.15, 0.2) is 29.8 Å². The largest absolute Gasteiger partial charge is 0.353 e. The van der Waals surface area contributed by atoms with E-state index in [9.17, 15) is 0 Å². The van der Waals surface area contributed by atoms with Crippen LogP contribution in [0.3, 0.4) is 0 Å². The molecule has 2 aromatic heterocycles. The van der Waals surface area contributed by atoms with Crippen LogP contribution >= 0.6 is 46.9 Å². The van der Waals surface area contributed by atoms with Gasteiger partial charge in [-0.3, -0.25) is 4.90 Å². The molecule has 7 nitrogen and oxygen atoms in total. The highest BCUT2D eigenvalue weighted by Crippen LogP contribution is 2.23. The highest BCUT2D eigenvalue weighted by Gasteiger charge is 2.20. The number of nitrogens with zero attached hydrogens (tertiary/aromatic N) is 6. The molecule has 0 radical (unpaired) electrons. The van der Waals surface area contributed by atoms with E-state index in [1.165, 1.54) is 4.88 Å². The van der Waals surface area contributed by atoms with E-state index < -0.39 is 0 Å². The van der Waals surface area contributed by atoms with E-state index >= 15 is 0 Å². The van der Waals surface area contributed by atoms with E-state index in [2.05, 4.69) is 38.0 Å². The molecule has 0 saturated carbocycles. The third kappa shape index (κ3) is 6.16. The van der Waals surface area contributed by atoms with Gasteiger partial charge in [-0.15, -0.1) is 52.1 Å². The van der Waals surface area contributed by atoms with E-state index in [1.54, 1.807) is 11.3 Å². The van der Waals surface area contributed by atoms with Crippen molar-refractivity contribution in [3.05, 3.63) is 45.6 Å². The molecule has 1 saturated heterocycles. The van der Waals surface area contributed by atoms with Gasteiger partial charge in [0.1, 0.15) is 12.4 Å². The number of hydrogen-bond donors (Lipinski definition) is 1. The molecule has 2 aromatic rings. The predicted octanol–water partition coefficient (Wildman–Crippen LogP) is 2.91. The van der Waals surface area contributed by atoms with Crippen LogP contribution in [-0.4, -0.2) is 63.2 Å². The first-order valence-corrected chi connectivity index (χ1v) is 10.2. The Morgan fingerprint density at radius 3 is 2.64 bits per heavy atom. The first-order chi connectivity index (χ1) is 13.1. The van der Waals surface area contributed by atoms with Gasteiger partial charge in [-0.05, 0) is 19.1 Å². The molecule has 0 bridgehead atoms. The fraction of sp³-hybridized carbons (Fsp3) is 0.500. The molecule has 10 heteroatoms. The molecular weight excluding hydrogens is 509 g/mol. The van der Waals surface area contributed by atoms with Gasteiger partial charge in [0.05, 0.1) is 4.34 Å². The number of rotatable bonds is 6. The Hall–Kier alpha value is -1.17. The summed E-state index contributed by atoms with van der Waals surface area (Å²) in [7, 11) is 1.96. The minimum Gasteiger partial charge on any atom is -0.353 e. The molecule has 0 aliphatic carbocycles. The van der Waals surface area contributed by atoms with Gasteiger partial charge in [-0.2, -0.15) is 0 Å². The van der Waals surface area contributed by atoms with Gasteiger partial charge in [-0.1, -0.05) is 17.7 Å². The molecule has 1 aliphatic rings. The number of thiophene rings is 1. The zero-order chi connectivity index (χ0) is 19.2. The molecule has 154 valence electrons. The number of aliphatic imine (C=N–C) groups is 1. The average molecular weight is 536 g/mol. The molecule has 0 atom stereocenters. The molecule has 1 fully saturated rings. The molecule has 28 heavy (non-hydrogen) atoms. The lowest BCUT2D eigenvalue weighted by Crippen LogP contribution is -2.52. The molecule has 1 aliphatic heterocycles. The number of guanidine groups is 1. The Kier molecular flexibility index (Phi) is 9.19. The Morgan fingerprint density at radius 1 is 1.32 bits per heavy atom. The van der Waals surface area contributed by atoms with Crippen LogP contribution in [0.4, 0.5) is 0 Å². The molecule has 1 N–H and O–H groups in total. The van der Waals surface area contributed by atoms with Crippen LogP contribution in [0.5, 0.6) is 0 Å². The Morgan fingerprint density at radius 2 is 2.07 bits per heavy atom. The lowest BCUT2D eigenvalue weighted by atomic mass is 10.3.